The number of para-hydroxylation sites is 2. The fourth-order valence-corrected chi connectivity index (χ4v) is 3.60. The maximum atomic E-state index is 12.4. The van der Waals surface area contributed by atoms with E-state index in [9.17, 15) is 9.59 Å². The summed E-state index contributed by atoms with van der Waals surface area (Å²) < 4.78 is 7.71. The third-order valence-corrected chi connectivity index (χ3v) is 5.25. The smallest absolute Gasteiger partial charge is 0.257 e. The second-order valence-electron chi connectivity index (χ2n) is 7.51. The number of ketones is 1. The van der Waals surface area contributed by atoms with E-state index < -0.39 is 0 Å². The summed E-state index contributed by atoms with van der Waals surface area (Å²) in [5.74, 6) is 1.29. The Morgan fingerprint density at radius 2 is 1.59 bits per heavy atom. The molecular formula is C26H25N3O3. The van der Waals surface area contributed by atoms with E-state index in [1.165, 1.54) is 0 Å². The van der Waals surface area contributed by atoms with Crippen LogP contribution in [0.2, 0.25) is 0 Å². The molecule has 4 aromatic rings. The highest BCUT2D eigenvalue weighted by molar-refractivity contribution is 6.09. The monoisotopic (exact) mass is 427 g/mol. The molecule has 1 heterocycles. The molecule has 1 N–H and O–H groups in total. The lowest BCUT2D eigenvalue weighted by Gasteiger charge is -2.10. The van der Waals surface area contributed by atoms with Crippen molar-refractivity contribution in [3.05, 3.63) is 95.8 Å². The molecule has 0 saturated carbocycles. The Bertz CT molecular complexity index is 1210. The van der Waals surface area contributed by atoms with Gasteiger partial charge in [0.1, 0.15) is 11.6 Å². The van der Waals surface area contributed by atoms with E-state index >= 15 is 0 Å². The van der Waals surface area contributed by atoms with E-state index in [0.717, 1.165) is 29.8 Å². The van der Waals surface area contributed by atoms with E-state index in [2.05, 4.69) is 20.9 Å². The Labute approximate surface area is 186 Å². The summed E-state index contributed by atoms with van der Waals surface area (Å²) in [6.07, 6.45) is 0.795. The molecule has 0 unspecified atom stereocenters. The molecule has 4 rings (SSSR count). The van der Waals surface area contributed by atoms with Crippen molar-refractivity contribution in [2.24, 2.45) is 0 Å². The highest BCUT2D eigenvalue weighted by Gasteiger charge is 2.10. The summed E-state index contributed by atoms with van der Waals surface area (Å²) in [7, 11) is 0. The van der Waals surface area contributed by atoms with Crippen molar-refractivity contribution in [3.8, 4) is 5.75 Å². The van der Waals surface area contributed by atoms with E-state index in [1.807, 2.05) is 43.3 Å². The van der Waals surface area contributed by atoms with E-state index in [1.54, 1.807) is 36.4 Å². The van der Waals surface area contributed by atoms with Crippen molar-refractivity contribution in [2.75, 3.05) is 13.2 Å². The van der Waals surface area contributed by atoms with Gasteiger partial charge < -0.3 is 14.6 Å². The number of benzene rings is 3. The van der Waals surface area contributed by atoms with Gasteiger partial charge in [-0.1, -0.05) is 42.5 Å². The van der Waals surface area contributed by atoms with Crippen LogP contribution in [-0.4, -0.2) is 34.4 Å². The van der Waals surface area contributed by atoms with Gasteiger partial charge in [0.25, 0.3) is 5.91 Å². The summed E-state index contributed by atoms with van der Waals surface area (Å²) >= 11 is 0. The minimum Gasteiger partial charge on any atom is -0.484 e. The van der Waals surface area contributed by atoms with Gasteiger partial charge in [0.2, 0.25) is 0 Å². The summed E-state index contributed by atoms with van der Waals surface area (Å²) in [5, 5.41) is 2.88. The Kier molecular flexibility index (Phi) is 6.60. The molecule has 0 radical (unpaired) electrons. The van der Waals surface area contributed by atoms with Gasteiger partial charge in [-0.15, -0.1) is 0 Å². The number of aryl methyl sites for hydroxylation is 2. The average Bonchev–Trinajstić information content (AvgIpc) is 3.16. The number of ether oxygens (including phenoxy) is 1. The predicted octanol–water partition coefficient (Wildman–Crippen LogP) is 4.16. The molecule has 6 heteroatoms. The van der Waals surface area contributed by atoms with Crippen molar-refractivity contribution in [1.29, 1.82) is 0 Å². The van der Waals surface area contributed by atoms with Gasteiger partial charge in [0.05, 0.1) is 11.0 Å². The summed E-state index contributed by atoms with van der Waals surface area (Å²) in [6, 6.07) is 24.0. The van der Waals surface area contributed by atoms with Gasteiger partial charge in [0.15, 0.2) is 12.4 Å². The average molecular weight is 428 g/mol. The molecule has 0 aliphatic heterocycles. The fraction of sp³-hybridized carbons (Fsp3) is 0.192. The second kappa shape index (κ2) is 9.92. The van der Waals surface area contributed by atoms with E-state index in [0.29, 0.717) is 23.4 Å². The molecule has 1 amide bonds. The van der Waals surface area contributed by atoms with Crippen LogP contribution in [0.4, 0.5) is 0 Å². The predicted molar refractivity (Wildman–Crippen MR) is 124 cm³/mol. The molecule has 0 saturated heterocycles. The van der Waals surface area contributed by atoms with Crippen LogP contribution in [0.25, 0.3) is 11.0 Å². The molecule has 1 aromatic heterocycles. The maximum absolute atomic E-state index is 12.4. The lowest BCUT2D eigenvalue weighted by Crippen LogP contribution is -2.30. The van der Waals surface area contributed by atoms with Gasteiger partial charge in [0, 0.05) is 24.2 Å². The zero-order valence-electron chi connectivity index (χ0n) is 18.0. The molecule has 162 valence electrons. The number of rotatable bonds is 9. The molecule has 0 fully saturated rings. The Hall–Kier alpha value is -3.93. The lowest BCUT2D eigenvalue weighted by atomic mass is 10.0. The largest absolute Gasteiger partial charge is 0.484 e. The van der Waals surface area contributed by atoms with Crippen LogP contribution in [0.15, 0.2) is 78.9 Å². The van der Waals surface area contributed by atoms with Gasteiger partial charge in [-0.05, 0) is 49.7 Å². The molecular weight excluding hydrogens is 402 g/mol. The third kappa shape index (κ3) is 5.03. The first-order chi connectivity index (χ1) is 15.6. The number of amides is 1. The zero-order valence-corrected chi connectivity index (χ0v) is 18.0. The van der Waals surface area contributed by atoms with Crippen molar-refractivity contribution in [2.45, 2.75) is 19.9 Å². The molecule has 0 atom stereocenters. The molecule has 0 aliphatic rings. The number of carbonyl (C=O) groups is 2. The number of imidazole rings is 1. The highest BCUT2D eigenvalue weighted by Crippen LogP contribution is 2.16. The SMILES string of the molecule is Cc1nc2ccccc2n1CCCNC(=O)COc1ccc(C(=O)c2ccccc2)cc1. The van der Waals surface area contributed by atoms with Crippen molar-refractivity contribution in [1.82, 2.24) is 14.9 Å². The van der Waals surface area contributed by atoms with Crippen LogP contribution in [0.1, 0.15) is 28.2 Å². The number of hydrogen-bond donors (Lipinski definition) is 1. The molecule has 0 bridgehead atoms. The third-order valence-electron chi connectivity index (χ3n) is 5.25. The standard InChI is InChI=1S/C26H25N3O3/c1-19-28-23-10-5-6-11-24(23)29(19)17-7-16-27-25(30)18-32-22-14-12-21(13-15-22)26(31)20-8-3-2-4-9-20/h2-6,8-15H,7,16-18H2,1H3,(H,27,30). The Balaban J connectivity index is 1.21. The number of aromatic nitrogens is 2. The summed E-state index contributed by atoms with van der Waals surface area (Å²) in [4.78, 5) is 29.1. The van der Waals surface area contributed by atoms with Gasteiger partial charge >= 0.3 is 0 Å². The summed E-state index contributed by atoms with van der Waals surface area (Å²) in [6.45, 7) is 3.26. The van der Waals surface area contributed by atoms with Crippen molar-refractivity contribution in [3.63, 3.8) is 0 Å². The number of hydrogen-bond acceptors (Lipinski definition) is 4. The fourth-order valence-electron chi connectivity index (χ4n) is 3.60. The molecule has 0 aliphatic carbocycles. The molecule has 6 nitrogen and oxygen atoms in total. The topological polar surface area (TPSA) is 73.2 Å². The minimum absolute atomic E-state index is 0.0456. The van der Waals surface area contributed by atoms with Crippen molar-refractivity contribution < 1.29 is 14.3 Å². The normalized spacial score (nSPS) is 10.8. The Morgan fingerprint density at radius 1 is 0.906 bits per heavy atom. The zero-order chi connectivity index (χ0) is 22.3. The second-order valence-corrected chi connectivity index (χ2v) is 7.51. The highest BCUT2D eigenvalue weighted by atomic mass is 16.5. The van der Waals surface area contributed by atoms with Crippen LogP contribution in [0.5, 0.6) is 5.75 Å². The van der Waals surface area contributed by atoms with Crippen LogP contribution >= 0.6 is 0 Å². The lowest BCUT2D eigenvalue weighted by molar-refractivity contribution is -0.123. The van der Waals surface area contributed by atoms with Crippen LogP contribution in [0.3, 0.4) is 0 Å². The number of fused-ring (bicyclic) bond motifs is 1. The first-order valence-corrected chi connectivity index (χ1v) is 10.6. The quantitative estimate of drug-likeness (QED) is 0.322. The van der Waals surface area contributed by atoms with Crippen LogP contribution in [0, 0.1) is 6.92 Å². The minimum atomic E-state index is -0.179. The number of nitrogens with one attached hydrogen (secondary N) is 1. The first-order valence-electron chi connectivity index (χ1n) is 10.6. The molecule has 32 heavy (non-hydrogen) atoms. The number of carbonyl (C=O) groups excluding carboxylic acids is 2. The first kappa shape index (κ1) is 21.3. The molecule has 3 aromatic carbocycles. The van der Waals surface area contributed by atoms with Crippen LogP contribution < -0.4 is 10.1 Å². The van der Waals surface area contributed by atoms with Gasteiger partial charge in [-0.2, -0.15) is 0 Å². The van der Waals surface area contributed by atoms with E-state index in [4.69, 9.17) is 4.74 Å². The van der Waals surface area contributed by atoms with Crippen LogP contribution in [-0.2, 0) is 11.3 Å². The maximum Gasteiger partial charge on any atom is 0.257 e. The van der Waals surface area contributed by atoms with Gasteiger partial charge in [-0.25, -0.2) is 4.98 Å². The summed E-state index contributed by atoms with van der Waals surface area (Å²) in [5.41, 5.74) is 3.31. The van der Waals surface area contributed by atoms with E-state index in [-0.39, 0.29) is 18.3 Å². The Morgan fingerprint density at radius 3 is 2.38 bits per heavy atom. The van der Waals surface area contributed by atoms with Crippen molar-refractivity contribution >= 4 is 22.7 Å². The van der Waals surface area contributed by atoms with Gasteiger partial charge in [-0.3, -0.25) is 9.59 Å². The number of nitrogens with zero attached hydrogens (tertiary/aromatic N) is 2. The molecule has 0 spiro atoms.